The number of methoxy groups -OCH3 is 1. The van der Waals surface area contributed by atoms with E-state index in [1.54, 1.807) is 7.11 Å². The average molecular weight is 344 g/mol. The summed E-state index contributed by atoms with van der Waals surface area (Å²) in [5.74, 6) is 1.38. The van der Waals surface area contributed by atoms with Gasteiger partial charge < -0.3 is 14.5 Å². The van der Waals surface area contributed by atoms with E-state index in [1.807, 2.05) is 4.90 Å². The molecule has 2 saturated heterocycles. The quantitative estimate of drug-likeness (QED) is 0.838. The Balaban J connectivity index is 1.43. The molecule has 4 rings (SSSR count). The zero-order valence-corrected chi connectivity index (χ0v) is 15.1. The van der Waals surface area contributed by atoms with E-state index in [0.717, 1.165) is 32.0 Å². The van der Waals surface area contributed by atoms with Crippen molar-refractivity contribution in [3.8, 4) is 5.88 Å². The molecule has 1 atom stereocenters. The Bertz CT molecular complexity index is 612. The number of rotatable bonds is 4. The fourth-order valence-corrected chi connectivity index (χ4v) is 4.54. The Kier molecular flexibility index (Phi) is 4.63. The highest BCUT2D eigenvalue weighted by molar-refractivity contribution is 5.92. The van der Waals surface area contributed by atoms with E-state index in [2.05, 4.69) is 14.9 Å². The molecule has 3 fully saturated rings. The molecule has 2 aliphatic heterocycles. The Morgan fingerprint density at radius 2 is 2.00 bits per heavy atom. The lowest BCUT2D eigenvalue weighted by atomic mass is 9.73. The molecule has 1 amide bonds. The third-order valence-electron chi connectivity index (χ3n) is 5.96. The third-order valence-corrected chi connectivity index (χ3v) is 5.96. The maximum atomic E-state index is 12.9. The topological polar surface area (TPSA) is 58.6 Å². The van der Waals surface area contributed by atoms with Crippen LogP contribution in [0.25, 0.3) is 0 Å². The molecule has 6 nitrogen and oxygen atoms in total. The number of ether oxygens (including phenoxy) is 1. The number of carbonyl (C=O) groups is 1. The van der Waals surface area contributed by atoms with Crippen LogP contribution in [0.4, 0.5) is 0 Å². The van der Waals surface area contributed by atoms with Crippen LogP contribution in [0.5, 0.6) is 5.88 Å². The minimum atomic E-state index is 0.00791. The van der Waals surface area contributed by atoms with Gasteiger partial charge in [-0.3, -0.25) is 4.79 Å². The van der Waals surface area contributed by atoms with Crippen LogP contribution in [-0.4, -0.2) is 65.5 Å². The van der Waals surface area contributed by atoms with Gasteiger partial charge >= 0.3 is 0 Å². The number of hydrogen-bond acceptors (Lipinski definition) is 5. The molecule has 0 radical (unpaired) electrons. The van der Waals surface area contributed by atoms with Crippen molar-refractivity contribution in [2.75, 3.05) is 39.8 Å². The molecule has 1 saturated carbocycles. The van der Waals surface area contributed by atoms with Gasteiger partial charge in [0.25, 0.3) is 5.91 Å². The summed E-state index contributed by atoms with van der Waals surface area (Å²) in [5.41, 5.74) is 0.699. The lowest BCUT2D eigenvalue weighted by Crippen LogP contribution is -2.54. The van der Waals surface area contributed by atoms with Crippen molar-refractivity contribution in [1.29, 1.82) is 0 Å². The van der Waals surface area contributed by atoms with Gasteiger partial charge in [-0.25, -0.2) is 9.97 Å². The highest BCUT2D eigenvalue weighted by atomic mass is 16.5. The molecule has 25 heavy (non-hydrogen) atoms. The monoisotopic (exact) mass is 344 g/mol. The predicted molar refractivity (Wildman–Crippen MR) is 94.6 cm³/mol. The number of piperidine rings is 2. The fraction of sp³-hybridized carbons (Fsp3) is 0.737. The molecule has 6 heteroatoms. The molecule has 1 spiro atoms. The van der Waals surface area contributed by atoms with Crippen molar-refractivity contribution in [2.45, 2.75) is 38.5 Å². The second kappa shape index (κ2) is 6.90. The summed E-state index contributed by atoms with van der Waals surface area (Å²) in [7, 11) is 1.55. The second-order valence-corrected chi connectivity index (χ2v) is 8.06. The lowest BCUT2D eigenvalue weighted by Gasteiger charge is -2.48. The van der Waals surface area contributed by atoms with Gasteiger partial charge in [0.1, 0.15) is 5.69 Å². The normalized spacial score (nSPS) is 27.5. The zero-order valence-electron chi connectivity index (χ0n) is 15.1. The van der Waals surface area contributed by atoms with Crippen LogP contribution < -0.4 is 4.74 Å². The van der Waals surface area contributed by atoms with E-state index in [-0.39, 0.29) is 11.3 Å². The smallest absolute Gasteiger partial charge is 0.274 e. The van der Waals surface area contributed by atoms with Crippen molar-refractivity contribution in [2.24, 2.45) is 11.3 Å². The number of nitrogens with zero attached hydrogens (tertiary/aromatic N) is 4. The first-order valence-electron chi connectivity index (χ1n) is 9.55. The second-order valence-electron chi connectivity index (χ2n) is 8.06. The van der Waals surface area contributed by atoms with Gasteiger partial charge in [-0.2, -0.15) is 0 Å². The van der Waals surface area contributed by atoms with Crippen LogP contribution in [0, 0.1) is 11.3 Å². The minimum absolute atomic E-state index is 0.00791. The SMILES string of the molecule is COc1cnc(C(=O)N2CCCC3(CCCN(CC4CC4)C3)C2)cn1. The number of aromatic nitrogens is 2. The summed E-state index contributed by atoms with van der Waals surface area (Å²) >= 11 is 0. The van der Waals surface area contributed by atoms with Crippen LogP contribution in [0.3, 0.4) is 0 Å². The Labute approximate surface area is 149 Å². The molecule has 1 aromatic rings. The summed E-state index contributed by atoms with van der Waals surface area (Å²) in [6.07, 6.45) is 10.7. The maximum Gasteiger partial charge on any atom is 0.274 e. The van der Waals surface area contributed by atoms with Gasteiger partial charge in [0.2, 0.25) is 5.88 Å². The summed E-state index contributed by atoms with van der Waals surface area (Å²) in [6, 6.07) is 0. The van der Waals surface area contributed by atoms with Crippen molar-refractivity contribution in [3.63, 3.8) is 0 Å². The average Bonchev–Trinajstić information content (AvgIpc) is 3.45. The Hall–Kier alpha value is -1.69. The Morgan fingerprint density at radius 3 is 2.68 bits per heavy atom. The maximum absolute atomic E-state index is 12.9. The third kappa shape index (κ3) is 3.78. The van der Waals surface area contributed by atoms with Crippen molar-refractivity contribution >= 4 is 5.91 Å². The van der Waals surface area contributed by atoms with Crippen molar-refractivity contribution in [3.05, 3.63) is 18.1 Å². The molecule has 1 unspecified atom stereocenters. The van der Waals surface area contributed by atoms with Gasteiger partial charge in [0.15, 0.2) is 0 Å². The Morgan fingerprint density at radius 1 is 1.20 bits per heavy atom. The van der Waals surface area contributed by atoms with Crippen LogP contribution >= 0.6 is 0 Å². The number of carbonyl (C=O) groups excluding carboxylic acids is 1. The molecule has 0 N–H and O–H groups in total. The highest BCUT2D eigenvalue weighted by Crippen LogP contribution is 2.40. The van der Waals surface area contributed by atoms with Crippen molar-refractivity contribution in [1.82, 2.24) is 19.8 Å². The first-order valence-corrected chi connectivity index (χ1v) is 9.55. The van der Waals surface area contributed by atoms with Crippen LogP contribution in [0.15, 0.2) is 12.4 Å². The molecule has 3 aliphatic rings. The first kappa shape index (κ1) is 16.8. The number of hydrogen-bond donors (Lipinski definition) is 0. The van der Waals surface area contributed by atoms with Crippen molar-refractivity contribution < 1.29 is 9.53 Å². The van der Waals surface area contributed by atoms with Crippen LogP contribution in [0.2, 0.25) is 0 Å². The lowest BCUT2D eigenvalue weighted by molar-refractivity contribution is 0.0122. The van der Waals surface area contributed by atoms with Gasteiger partial charge in [0, 0.05) is 31.6 Å². The standard InChI is InChI=1S/C19H28N4O2/c1-25-17-11-20-16(10-21-17)18(24)23-9-3-7-19(14-23)6-2-8-22(13-19)12-15-4-5-15/h10-11,15H,2-9,12-14H2,1H3. The van der Waals surface area contributed by atoms with Gasteiger partial charge in [0.05, 0.1) is 19.5 Å². The summed E-state index contributed by atoms with van der Waals surface area (Å²) in [4.78, 5) is 25.9. The molecule has 0 bridgehead atoms. The fourth-order valence-electron chi connectivity index (χ4n) is 4.54. The van der Waals surface area contributed by atoms with Gasteiger partial charge in [-0.15, -0.1) is 0 Å². The van der Waals surface area contributed by atoms with E-state index in [1.165, 1.54) is 57.6 Å². The minimum Gasteiger partial charge on any atom is -0.480 e. The van der Waals surface area contributed by atoms with E-state index in [9.17, 15) is 4.79 Å². The number of likely N-dealkylation sites (tertiary alicyclic amines) is 2. The van der Waals surface area contributed by atoms with Gasteiger partial charge in [-0.05, 0) is 51.0 Å². The van der Waals surface area contributed by atoms with Gasteiger partial charge in [-0.1, -0.05) is 0 Å². The molecule has 1 aromatic heterocycles. The molecular formula is C19H28N4O2. The summed E-state index contributed by atoms with van der Waals surface area (Å²) in [5, 5.41) is 0. The molecule has 3 heterocycles. The first-order chi connectivity index (χ1) is 12.2. The largest absolute Gasteiger partial charge is 0.480 e. The summed E-state index contributed by atoms with van der Waals surface area (Å²) in [6.45, 7) is 5.34. The highest BCUT2D eigenvalue weighted by Gasteiger charge is 2.41. The van der Waals surface area contributed by atoms with E-state index >= 15 is 0 Å². The van der Waals surface area contributed by atoms with Crippen LogP contribution in [-0.2, 0) is 0 Å². The zero-order chi connectivity index (χ0) is 17.3. The van der Waals surface area contributed by atoms with E-state index < -0.39 is 0 Å². The summed E-state index contributed by atoms with van der Waals surface area (Å²) < 4.78 is 5.03. The molecule has 136 valence electrons. The van der Waals surface area contributed by atoms with E-state index in [4.69, 9.17) is 4.74 Å². The predicted octanol–water partition coefficient (Wildman–Crippen LogP) is 2.21. The molecular weight excluding hydrogens is 316 g/mol. The van der Waals surface area contributed by atoms with Crippen LogP contribution in [0.1, 0.15) is 49.0 Å². The van der Waals surface area contributed by atoms with E-state index in [0.29, 0.717) is 11.6 Å². The number of amides is 1. The molecule has 1 aliphatic carbocycles. The molecule has 0 aromatic carbocycles.